The van der Waals surface area contributed by atoms with Crippen molar-refractivity contribution in [3.63, 3.8) is 0 Å². The zero-order valence-electron chi connectivity index (χ0n) is 11.8. The molecule has 0 aliphatic heterocycles. The van der Waals surface area contributed by atoms with Gasteiger partial charge < -0.3 is 15.4 Å². The summed E-state index contributed by atoms with van der Waals surface area (Å²) in [4.78, 5) is 17.9. The van der Waals surface area contributed by atoms with Crippen LogP contribution in [0.1, 0.15) is 16.1 Å². The zero-order chi connectivity index (χ0) is 15.4. The molecule has 1 aromatic carbocycles. The van der Waals surface area contributed by atoms with Gasteiger partial charge in [-0.15, -0.1) is 0 Å². The van der Waals surface area contributed by atoms with Crippen molar-refractivity contribution in [2.45, 2.75) is 6.54 Å². The second kappa shape index (κ2) is 6.45. The average molecular weight is 306 g/mol. The number of benzene rings is 1. The standard InChI is InChI=1S/C15H16ClN3O2/c1-19(9-10-4-3-5-11(8-10)21-2)15(20)14-12(16)6-7-13(17)18-14/h3-8H,9H2,1-2H3,(H2,17,18). The summed E-state index contributed by atoms with van der Waals surface area (Å²) >= 11 is 6.00. The number of carbonyl (C=O) groups is 1. The van der Waals surface area contributed by atoms with E-state index in [-0.39, 0.29) is 22.4 Å². The monoisotopic (exact) mass is 305 g/mol. The topological polar surface area (TPSA) is 68.5 Å². The van der Waals surface area contributed by atoms with Crippen molar-refractivity contribution >= 4 is 23.3 Å². The van der Waals surface area contributed by atoms with Crippen LogP contribution in [0.2, 0.25) is 5.02 Å². The third-order valence-electron chi connectivity index (χ3n) is 2.97. The van der Waals surface area contributed by atoms with Gasteiger partial charge in [-0.1, -0.05) is 23.7 Å². The molecule has 2 N–H and O–H groups in total. The number of anilines is 1. The van der Waals surface area contributed by atoms with Gasteiger partial charge in [0.25, 0.3) is 5.91 Å². The van der Waals surface area contributed by atoms with Crippen LogP contribution in [-0.4, -0.2) is 29.9 Å². The molecule has 21 heavy (non-hydrogen) atoms. The predicted octanol–water partition coefficient (Wildman–Crippen LogP) is 2.60. The van der Waals surface area contributed by atoms with E-state index in [0.29, 0.717) is 6.54 Å². The summed E-state index contributed by atoms with van der Waals surface area (Å²) in [6.07, 6.45) is 0. The van der Waals surface area contributed by atoms with Crippen molar-refractivity contribution in [1.82, 2.24) is 9.88 Å². The lowest BCUT2D eigenvalue weighted by Crippen LogP contribution is -2.27. The number of hydrogen-bond donors (Lipinski definition) is 1. The van der Waals surface area contributed by atoms with Crippen LogP contribution in [0.25, 0.3) is 0 Å². The molecular weight excluding hydrogens is 290 g/mol. The van der Waals surface area contributed by atoms with Crippen molar-refractivity contribution in [2.75, 3.05) is 19.9 Å². The molecule has 0 aliphatic rings. The number of rotatable bonds is 4. The van der Waals surface area contributed by atoms with Crippen molar-refractivity contribution < 1.29 is 9.53 Å². The minimum atomic E-state index is -0.282. The van der Waals surface area contributed by atoms with Crippen LogP contribution in [-0.2, 0) is 6.54 Å². The van der Waals surface area contributed by atoms with Crippen LogP contribution < -0.4 is 10.5 Å². The third-order valence-corrected chi connectivity index (χ3v) is 3.28. The first-order valence-electron chi connectivity index (χ1n) is 6.31. The second-order valence-electron chi connectivity index (χ2n) is 4.58. The molecule has 1 amide bonds. The van der Waals surface area contributed by atoms with Gasteiger partial charge in [0, 0.05) is 13.6 Å². The number of carbonyl (C=O) groups excluding carboxylic acids is 1. The number of amides is 1. The molecule has 0 radical (unpaired) electrons. The maximum absolute atomic E-state index is 12.4. The summed E-state index contributed by atoms with van der Waals surface area (Å²) in [5, 5.41) is 0.284. The molecule has 5 nitrogen and oxygen atoms in total. The van der Waals surface area contributed by atoms with Crippen LogP contribution in [0.3, 0.4) is 0 Å². The number of nitrogens with zero attached hydrogens (tertiary/aromatic N) is 2. The Morgan fingerprint density at radius 2 is 2.14 bits per heavy atom. The Morgan fingerprint density at radius 3 is 2.86 bits per heavy atom. The molecule has 0 fully saturated rings. The maximum atomic E-state index is 12.4. The van der Waals surface area contributed by atoms with E-state index in [0.717, 1.165) is 11.3 Å². The number of hydrogen-bond acceptors (Lipinski definition) is 4. The summed E-state index contributed by atoms with van der Waals surface area (Å²) < 4.78 is 5.16. The van der Waals surface area contributed by atoms with Crippen molar-refractivity contribution in [1.29, 1.82) is 0 Å². The summed E-state index contributed by atoms with van der Waals surface area (Å²) in [6, 6.07) is 10.6. The number of ether oxygens (including phenoxy) is 1. The highest BCUT2D eigenvalue weighted by Gasteiger charge is 2.17. The normalized spacial score (nSPS) is 10.2. The molecule has 0 aliphatic carbocycles. The van der Waals surface area contributed by atoms with Crippen LogP contribution in [0.15, 0.2) is 36.4 Å². The Morgan fingerprint density at radius 1 is 1.38 bits per heavy atom. The summed E-state index contributed by atoms with van der Waals surface area (Å²) in [5.41, 5.74) is 6.70. The lowest BCUT2D eigenvalue weighted by atomic mass is 10.2. The van der Waals surface area contributed by atoms with Crippen LogP contribution >= 0.6 is 11.6 Å². The summed E-state index contributed by atoms with van der Waals surface area (Å²) in [6.45, 7) is 0.419. The molecule has 0 saturated heterocycles. The smallest absolute Gasteiger partial charge is 0.274 e. The minimum Gasteiger partial charge on any atom is -0.497 e. The van der Waals surface area contributed by atoms with E-state index >= 15 is 0 Å². The summed E-state index contributed by atoms with van der Waals surface area (Å²) in [5.74, 6) is 0.723. The van der Waals surface area contributed by atoms with Gasteiger partial charge in [-0.05, 0) is 29.8 Å². The van der Waals surface area contributed by atoms with E-state index < -0.39 is 0 Å². The zero-order valence-corrected chi connectivity index (χ0v) is 12.6. The average Bonchev–Trinajstić information content (AvgIpc) is 2.49. The molecular formula is C15H16ClN3O2. The molecule has 0 saturated carbocycles. The van der Waals surface area contributed by atoms with E-state index in [2.05, 4.69) is 4.98 Å². The van der Waals surface area contributed by atoms with E-state index in [4.69, 9.17) is 22.1 Å². The fourth-order valence-electron chi connectivity index (χ4n) is 1.90. The van der Waals surface area contributed by atoms with Gasteiger partial charge in [-0.3, -0.25) is 4.79 Å². The Kier molecular flexibility index (Phi) is 4.65. The molecule has 2 aromatic rings. The molecule has 110 valence electrons. The van der Waals surface area contributed by atoms with Gasteiger partial charge >= 0.3 is 0 Å². The quantitative estimate of drug-likeness (QED) is 0.942. The Hall–Kier alpha value is -2.27. The maximum Gasteiger partial charge on any atom is 0.274 e. The van der Waals surface area contributed by atoms with Gasteiger partial charge in [0.1, 0.15) is 17.3 Å². The highest BCUT2D eigenvalue weighted by atomic mass is 35.5. The molecule has 0 spiro atoms. The number of halogens is 1. The second-order valence-corrected chi connectivity index (χ2v) is 4.99. The fraction of sp³-hybridized carbons (Fsp3) is 0.200. The Bertz CT molecular complexity index is 661. The highest BCUT2D eigenvalue weighted by Crippen LogP contribution is 2.19. The van der Waals surface area contributed by atoms with Gasteiger partial charge in [0.05, 0.1) is 12.1 Å². The number of methoxy groups -OCH3 is 1. The van der Waals surface area contributed by atoms with E-state index in [9.17, 15) is 4.79 Å². The van der Waals surface area contributed by atoms with Crippen molar-refractivity contribution in [3.05, 3.63) is 52.7 Å². The third kappa shape index (κ3) is 3.64. The number of aromatic nitrogens is 1. The van der Waals surface area contributed by atoms with E-state index in [1.165, 1.54) is 4.90 Å². The molecule has 1 heterocycles. The molecule has 0 atom stereocenters. The molecule has 1 aromatic heterocycles. The van der Waals surface area contributed by atoms with Crippen LogP contribution in [0.4, 0.5) is 5.82 Å². The fourth-order valence-corrected chi connectivity index (χ4v) is 2.09. The van der Waals surface area contributed by atoms with Crippen molar-refractivity contribution in [2.24, 2.45) is 0 Å². The Labute approximate surface area is 128 Å². The molecule has 6 heteroatoms. The summed E-state index contributed by atoms with van der Waals surface area (Å²) in [7, 11) is 3.29. The van der Waals surface area contributed by atoms with E-state index in [1.54, 1.807) is 26.3 Å². The van der Waals surface area contributed by atoms with Gasteiger partial charge in [-0.2, -0.15) is 0 Å². The minimum absolute atomic E-state index is 0.155. The van der Waals surface area contributed by atoms with E-state index in [1.807, 2.05) is 24.3 Å². The first kappa shape index (κ1) is 15.1. The molecule has 2 rings (SSSR count). The molecule has 0 bridgehead atoms. The van der Waals surface area contributed by atoms with Gasteiger partial charge in [0.15, 0.2) is 0 Å². The van der Waals surface area contributed by atoms with Crippen LogP contribution in [0.5, 0.6) is 5.75 Å². The van der Waals surface area contributed by atoms with Gasteiger partial charge in [-0.25, -0.2) is 4.98 Å². The number of nitrogen functional groups attached to an aromatic ring is 1. The molecule has 0 unspecified atom stereocenters. The lowest BCUT2D eigenvalue weighted by molar-refractivity contribution is 0.0779. The first-order chi connectivity index (χ1) is 10.0. The first-order valence-corrected chi connectivity index (χ1v) is 6.69. The Balaban J connectivity index is 2.17. The number of pyridine rings is 1. The SMILES string of the molecule is COc1cccc(CN(C)C(=O)c2nc(N)ccc2Cl)c1. The lowest BCUT2D eigenvalue weighted by Gasteiger charge is -2.18. The highest BCUT2D eigenvalue weighted by molar-refractivity contribution is 6.33. The van der Waals surface area contributed by atoms with Crippen LogP contribution in [0, 0.1) is 0 Å². The largest absolute Gasteiger partial charge is 0.497 e. The predicted molar refractivity (Wildman–Crippen MR) is 82.5 cm³/mol. The number of nitrogens with two attached hydrogens (primary N) is 1. The van der Waals surface area contributed by atoms with Crippen molar-refractivity contribution in [3.8, 4) is 5.75 Å². The van der Waals surface area contributed by atoms with Gasteiger partial charge in [0.2, 0.25) is 0 Å².